The van der Waals surface area contributed by atoms with Crippen LogP contribution < -0.4 is 15.0 Å². The summed E-state index contributed by atoms with van der Waals surface area (Å²) in [6.07, 6.45) is 2.20. The molecule has 0 radical (unpaired) electrons. The summed E-state index contributed by atoms with van der Waals surface area (Å²) in [5.41, 5.74) is 2.11. The molecule has 0 aliphatic carbocycles. The molecule has 1 unspecified atom stereocenters. The fourth-order valence-corrected chi connectivity index (χ4v) is 3.65. The van der Waals surface area contributed by atoms with Crippen molar-refractivity contribution < 1.29 is 23.8 Å². The molecule has 1 amide bonds. The van der Waals surface area contributed by atoms with Crippen molar-refractivity contribution in [1.29, 1.82) is 0 Å². The molecule has 1 saturated heterocycles. The van der Waals surface area contributed by atoms with E-state index in [0.717, 1.165) is 31.7 Å². The molecular formula is C25H32N2O5. The summed E-state index contributed by atoms with van der Waals surface area (Å²) in [7, 11) is 0. The Morgan fingerprint density at radius 2 is 1.84 bits per heavy atom. The second-order valence-corrected chi connectivity index (χ2v) is 8.02. The van der Waals surface area contributed by atoms with Crippen molar-refractivity contribution in [3.8, 4) is 5.75 Å². The Morgan fingerprint density at radius 1 is 1.12 bits per heavy atom. The van der Waals surface area contributed by atoms with E-state index in [0.29, 0.717) is 29.6 Å². The van der Waals surface area contributed by atoms with Gasteiger partial charge >= 0.3 is 5.97 Å². The van der Waals surface area contributed by atoms with Gasteiger partial charge in [-0.1, -0.05) is 0 Å². The van der Waals surface area contributed by atoms with Crippen molar-refractivity contribution in [2.24, 2.45) is 0 Å². The molecule has 0 aromatic heterocycles. The van der Waals surface area contributed by atoms with Crippen LogP contribution >= 0.6 is 0 Å². The van der Waals surface area contributed by atoms with E-state index < -0.39 is 5.97 Å². The van der Waals surface area contributed by atoms with Gasteiger partial charge in [-0.2, -0.15) is 0 Å². The number of anilines is 2. The minimum atomic E-state index is -0.559. The van der Waals surface area contributed by atoms with Crippen molar-refractivity contribution in [2.45, 2.75) is 45.8 Å². The molecule has 1 aliphatic rings. The summed E-state index contributed by atoms with van der Waals surface area (Å²) in [4.78, 5) is 26.6. The van der Waals surface area contributed by atoms with Crippen molar-refractivity contribution in [3.05, 3.63) is 54.1 Å². The highest BCUT2D eigenvalue weighted by Gasteiger charge is 2.16. The highest BCUT2D eigenvalue weighted by molar-refractivity contribution is 5.95. The monoisotopic (exact) mass is 440 g/mol. The van der Waals surface area contributed by atoms with E-state index in [1.54, 1.807) is 24.3 Å². The van der Waals surface area contributed by atoms with Crippen LogP contribution in [0.5, 0.6) is 5.75 Å². The Morgan fingerprint density at radius 3 is 2.44 bits per heavy atom. The number of carbonyl (C=O) groups excluding carboxylic acids is 2. The average molecular weight is 441 g/mol. The number of carbonyl (C=O) groups is 2. The molecule has 1 aliphatic heterocycles. The Labute approximate surface area is 189 Å². The van der Waals surface area contributed by atoms with Gasteiger partial charge in [-0.15, -0.1) is 0 Å². The fraction of sp³-hybridized carbons (Fsp3) is 0.440. The van der Waals surface area contributed by atoms with Crippen LogP contribution in [-0.4, -0.2) is 50.4 Å². The van der Waals surface area contributed by atoms with Crippen molar-refractivity contribution in [2.75, 3.05) is 36.6 Å². The van der Waals surface area contributed by atoms with Crippen LogP contribution in [0.4, 0.5) is 11.4 Å². The quantitative estimate of drug-likeness (QED) is 0.556. The third kappa shape index (κ3) is 6.72. The lowest BCUT2D eigenvalue weighted by Crippen LogP contribution is -2.30. The first-order chi connectivity index (χ1) is 15.5. The SMILES string of the molecule is CCN(c1ccc(NC(=O)COC(=O)c2ccc(OCC3CCCO3)cc2)cc1)C(C)C. The Balaban J connectivity index is 1.43. The summed E-state index contributed by atoms with van der Waals surface area (Å²) in [6.45, 7) is 8.22. The van der Waals surface area contributed by atoms with Gasteiger partial charge in [0, 0.05) is 30.6 Å². The van der Waals surface area contributed by atoms with Gasteiger partial charge in [-0.25, -0.2) is 4.79 Å². The molecule has 1 heterocycles. The second kappa shape index (κ2) is 11.5. The van der Waals surface area contributed by atoms with E-state index >= 15 is 0 Å². The van der Waals surface area contributed by atoms with Crippen LogP contribution in [0.2, 0.25) is 0 Å². The predicted molar refractivity (Wildman–Crippen MR) is 124 cm³/mol. The smallest absolute Gasteiger partial charge is 0.338 e. The molecule has 7 nitrogen and oxygen atoms in total. The lowest BCUT2D eigenvalue weighted by molar-refractivity contribution is -0.119. The first kappa shape index (κ1) is 23.6. The van der Waals surface area contributed by atoms with Crippen molar-refractivity contribution in [1.82, 2.24) is 0 Å². The Kier molecular flexibility index (Phi) is 8.50. The molecule has 1 fully saturated rings. The maximum absolute atomic E-state index is 12.2. The molecule has 0 bridgehead atoms. The minimum absolute atomic E-state index is 0.134. The molecular weight excluding hydrogens is 408 g/mol. The number of benzene rings is 2. The van der Waals surface area contributed by atoms with Gasteiger partial charge in [0.15, 0.2) is 6.61 Å². The highest BCUT2D eigenvalue weighted by atomic mass is 16.5. The molecule has 172 valence electrons. The van der Waals surface area contributed by atoms with Crippen molar-refractivity contribution in [3.63, 3.8) is 0 Å². The lowest BCUT2D eigenvalue weighted by atomic mass is 10.2. The molecule has 2 aromatic rings. The van der Waals surface area contributed by atoms with E-state index in [-0.39, 0.29) is 18.6 Å². The van der Waals surface area contributed by atoms with Gasteiger partial charge in [0.05, 0.1) is 11.7 Å². The third-order valence-electron chi connectivity index (χ3n) is 5.33. The number of rotatable bonds is 10. The summed E-state index contributed by atoms with van der Waals surface area (Å²) < 4.78 is 16.3. The fourth-order valence-electron chi connectivity index (χ4n) is 3.65. The minimum Gasteiger partial charge on any atom is -0.491 e. The topological polar surface area (TPSA) is 77.1 Å². The van der Waals surface area contributed by atoms with Gasteiger partial charge in [0.2, 0.25) is 0 Å². The molecule has 32 heavy (non-hydrogen) atoms. The zero-order chi connectivity index (χ0) is 22.9. The number of ether oxygens (including phenoxy) is 3. The number of hydrogen-bond donors (Lipinski definition) is 1. The second-order valence-electron chi connectivity index (χ2n) is 8.02. The van der Waals surface area contributed by atoms with E-state index in [9.17, 15) is 9.59 Å². The van der Waals surface area contributed by atoms with E-state index in [1.165, 1.54) is 0 Å². The number of hydrogen-bond acceptors (Lipinski definition) is 6. The van der Waals surface area contributed by atoms with E-state index in [4.69, 9.17) is 14.2 Å². The first-order valence-electron chi connectivity index (χ1n) is 11.1. The van der Waals surface area contributed by atoms with E-state index in [1.807, 2.05) is 24.3 Å². The summed E-state index contributed by atoms with van der Waals surface area (Å²) >= 11 is 0. The number of nitrogens with one attached hydrogen (secondary N) is 1. The van der Waals surface area contributed by atoms with Crippen LogP contribution in [0.3, 0.4) is 0 Å². The third-order valence-corrected chi connectivity index (χ3v) is 5.33. The lowest BCUT2D eigenvalue weighted by Gasteiger charge is -2.27. The molecule has 3 rings (SSSR count). The average Bonchev–Trinajstić information content (AvgIpc) is 3.31. The zero-order valence-corrected chi connectivity index (χ0v) is 19.0. The van der Waals surface area contributed by atoms with Gasteiger partial charge < -0.3 is 24.4 Å². The zero-order valence-electron chi connectivity index (χ0n) is 19.0. The molecule has 7 heteroatoms. The Bertz CT molecular complexity index is 874. The molecule has 0 spiro atoms. The van der Waals surface area contributed by atoms with Gasteiger partial charge in [0.25, 0.3) is 5.91 Å². The normalized spacial score (nSPS) is 15.4. The highest BCUT2D eigenvalue weighted by Crippen LogP contribution is 2.20. The van der Waals surface area contributed by atoms with Crippen LogP contribution in [0, 0.1) is 0 Å². The van der Waals surface area contributed by atoms with Crippen LogP contribution in [0.1, 0.15) is 44.0 Å². The van der Waals surface area contributed by atoms with Gasteiger partial charge in [-0.3, -0.25) is 4.79 Å². The number of esters is 1. The standard InChI is InChI=1S/C25H32N2O5/c1-4-27(18(2)3)21-11-9-20(10-12-21)26-24(28)17-32-25(29)19-7-13-22(14-8-19)31-16-23-6-5-15-30-23/h7-14,18,23H,4-6,15-17H2,1-3H3,(H,26,28). The molecule has 0 saturated carbocycles. The Hall–Kier alpha value is -3.06. The number of amides is 1. The van der Waals surface area contributed by atoms with Crippen molar-refractivity contribution >= 4 is 23.3 Å². The summed E-state index contributed by atoms with van der Waals surface area (Å²) in [5, 5.41) is 2.75. The maximum Gasteiger partial charge on any atom is 0.338 e. The van der Waals surface area contributed by atoms with Gasteiger partial charge in [-0.05, 0) is 82.1 Å². The van der Waals surface area contributed by atoms with Crippen LogP contribution in [0.15, 0.2) is 48.5 Å². The molecule has 2 aromatic carbocycles. The van der Waals surface area contributed by atoms with Gasteiger partial charge in [0.1, 0.15) is 12.4 Å². The summed E-state index contributed by atoms with van der Waals surface area (Å²) in [6, 6.07) is 14.7. The van der Waals surface area contributed by atoms with Crippen LogP contribution in [-0.2, 0) is 14.3 Å². The predicted octanol–water partition coefficient (Wildman–Crippen LogP) is 4.27. The maximum atomic E-state index is 12.2. The molecule has 1 N–H and O–H groups in total. The number of nitrogens with zero attached hydrogens (tertiary/aromatic N) is 1. The van der Waals surface area contributed by atoms with E-state index in [2.05, 4.69) is 31.0 Å². The summed E-state index contributed by atoms with van der Waals surface area (Å²) in [5.74, 6) is -0.284. The first-order valence-corrected chi connectivity index (χ1v) is 11.1. The molecule has 1 atom stereocenters. The van der Waals surface area contributed by atoms with Crippen LogP contribution in [0.25, 0.3) is 0 Å². The largest absolute Gasteiger partial charge is 0.491 e.